The van der Waals surface area contributed by atoms with E-state index in [4.69, 9.17) is 4.74 Å². The number of hydrogen-bond donors (Lipinski definition) is 2. The molecule has 30 heavy (non-hydrogen) atoms. The highest BCUT2D eigenvalue weighted by Crippen LogP contribution is 2.30. The lowest BCUT2D eigenvalue weighted by Gasteiger charge is -2.23. The van der Waals surface area contributed by atoms with E-state index < -0.39 is 17.8 Å². The molecule has 0 aliphatic rings. The van der Waals surface area contributed by atoms with E-state index in [1.165, 1.54) is 12.1 Å². The second kappa shape index (κ2) is 12.0. The number of aliphatic hydroxyl groups excluding tert-OH is 1. The summed E-state index contributed by atoms with van der Waals surface area (Å²) in [5.74, 6) is 0.899. The molecule has 0 saturated carbocycles. The Hall–Kier alpha value is -1.95. The Morgan fingerprint density at radius 1 is 1.27 bits per heavy atom. The summed E-state index contributed by atoms with van der Waals surface area (Å²) in [6.07, 6.45) is -3.31. The van der Waals surface area contributed by atoms with E-state index in [1.54, 1.807) is 0 Å². The van der Waals surface area contributed by atoms with Crippen LogP contribution in [0.1, 0.15) is 18.2 Å². The molecule has 6 nitrogen and oxygen atoms in total. The fraction of sp³-hybridized carbons (Fsp3) is 0.450. The van der Waals surface area contributed by atoms with E-state index in [1.807, 2.05) is 48.8 Å². The Kier molecular flexibility index (Phi) is 10.5. The van der Waals surface area contributed by atoms with Crippen LogP contribution in [0.5, 0.6) is 5.75 Å². The van der Waals surface area contributed by atoms with Gasteiger partial charge in [0.2, 0.25) is 0 Å². The van der Waals surface area contributed by atoms with Crippen molar-refractivity contribution in [3.05, 3.63) is 53.9 Å². The van der Waals surface area contributed by atoms with Gasteiger partial charge in [-0.2, -0.15) is 13.2 Å². The van der Waals surface area contributed by atoms with Crippen molar-refractivity contribution >= 4 is 29.9 Å². The van der Waals surface area contributed by atoms with Gasteiger partial charge in [-0.05, 0) is 43.3 Å². The smallest absolute Gasteiger partial charge is 0.416 e. The van der Waals surface area contributed by atoms with Crippen LogP contribution in [0.25, 0.3) is 0 Å². The van der Waals surface area contributed by atoms with Gasteiger partial charge in [-0.15, -0.1) is 24.0 Å². The second-order valence-electron chi connectivity index (χ2n) is 6.65. The Bertz CT molecular complexity index is 794. The zero-order chi connectivity index (χ0) is 21.4. The number of ether oxygens (including phenoxy) is 1. The molecule has 0 amide bonds. The van der Waals surface area contributed by atoms with Crippen LogP contribution in [0.3, 0.4) is 0 Å². The van der Waals surface area contributed by atoms with Crippen LogP contribution in [0.2, 0.25) is 0 Å². The lowest BCUT2D eigenvalue weighted by Crippen LogP contribution is -2.39. The fourth-order valence-corrected chi connectivity index (χ4v) is 2.63. The van der Waals surface area contributed by atoms with Crippen molar-refractivity contribution in [2.75, 3.05) is 26.7 Å². The van der Waals surface area contributed by atoms with Crippen molar-refractivity contribution in [2.45, 2.75) is 25.7 Å². The number of alkyl halides is 3. The second-order valence-corrected chi connectivity index (χ2v) is 6.65. The first-order chi connectivity index (χ1) is 13.7. The van der Waals surface area contributed by atoms with Gasteiger partial charge in [-0.3, -0.25) is 4.99 Å². The summed E-state index contributed by atoms with van der Waals surface area (Å²) in [7, 11) is 3.87. The van der Waals surface area contributed by atoms with E-state index in [2.05, 4.69) is 10.3 Å². The molecule has 1 unspecified atom stereocenters. The third kappa shape index (κ3) is 8.05. The Morgan fingerprint density at radius 3 is 2.47 bits per heavy atom. The van der Waals surface area contributed by atoms with Gasteiger partial charge in [0.15, 0.2) is 5.96 Å². The lowest BCUT2D eigenvalue weighted by atomic mass is 10.2. The van der Waals surface area contributed by atoms with Crippen LogP contribution in [0.4, 0.5) is 13.2 Å². The first-order valence-corrected chi connectivity index (χ1v) is 9.28. The number of hydrogen-bond acceptors (Lipinski definition) is 3. The average molecular weight is 540 g/mol. The van der Waals surface area contributed by atoms with Gasteiger partial charge in [0.1, 0.15) is 18.5 Å². The van der Waals surface area contributed by atoms with Crippen LogP contribution in [0.15, 0.2) is 47.6 Å². The molecule has 0 fully saturated rings. The third-order valence-electron chi connectivity index (χ3n) is 4.22. The highest BCUT2D eigenvalue weighted by Gasteiger charge is 2.30. The average Bonchev–Trinajstić information content (AvgIpc) is 3.07. The van der Waals surface area contributed by atoms with Crippen molar-refractivity contribution in [1.82, 2.24) is 14.8 Å². The fourth-order valence-electron chi connectivity index (χ4n) is 2.63. The summed E-state index contributed by atoms with van der Waals surface area (Å²) < 4.78 is 45.1. The summed E-state index contributed by atoms with van der Waals surface area (Å²) >= 11 is 0. The zero-order valence-corrected chi connectivity index (χ0v) is 19.5. The van der Waals surface area contributed by atoms with Crippen molar-refractivity contribution < 1.29 is 23.0 Å². The summed E-state index contributed by atoms with van der Waals surface area (Å²) in [4.78, 5) is 6.37. The van der Waals surface area contributed by atoms with Gasteiger partial charge >= 0.3 is 6.18 Å². The van der Waals surface area contributed by atoms with Gasteiger partial charge in [-0.25, -0.2) is 0 Å². The molecule has 10 heteroatoms. The molecule has 1 heterocycles. The molecule has 0 bridgehead atoms. The third-order valence-corrected chi connectivity index (χ3v) is 4.22. The number of rotatable bonds is 8. The summed E-state index contributed by atoms with van der Waals surface area (Å²) in [5.41, 5.74) is 0.371. The minimum absolute atomic E-state index is 0. The van der Waals surface area contributed by atoms with E-state index >= 15 is 0 Å². The SMILES string of the molecule is CCNC(=NCC(O)COc1ccc(C(F)(F)F)cc1)N(C)Cc1cccn1C.I. The van der Waals surface area contributed by atoms with Crippen molar-refractivity contribution in [2.24, 2.45) is 12.0 Å². The topological polar surface area (TPSA) is 62.0 Å². The molecule has 2 N–H and O–H groups in total. The van der Waals surface area contributed by atoms with Gasteiger partial charge < -0.3 is 24.6 Å². The molecule has 1 aromatic carbocycles. The first kappa shape index (κ1) is 26.1. The number of nitrogens with one attached hydrogen (secondary N) is 1. The van der Waals surface area contributed by atoms with Gasteiger partial charge in [0, 0.05) is 32.5 Å². The van der Waals surface area contributed by atoms with Gasteiger partial charge in [0.05, 0.1) is 18.7 Å². The van der Waals surface area contributed by atoms with E-state index in [0.717, 1.165) is 17.8 Å². The molecule has 1 aromatic heterocycles. The molecule has 0 aliphatic heterocycles. The van der Waals surface area contributed by atoms with E-state index in [0.29, 0.717) is 19.0 Å². The normalized spacial score (nSPS) is 12.8. The quantitative estimate of drug-likeness (QED) is 0.306. The number of aryl methyl sites for hydroxylation is 1. The number of nitrogens with zero attached hydrogens (tertiary/aromatic N) is 3. The number of halogens is 4. The van der Waals surface area contributed by atoms with Crippen molar-refractivity contribution in [3.63, 3.8) is 0 Å². The minimum Gasteiger partial charge on any atom is -0.491 e. The highest BCUT2D eigenvalue weighted by atomic mass is 127. The molecule has 1 atom stereocenters. The molecule has 2 rings (SSSR count). The Labute approximate surface area is 191 Å². The number of benzene rings is 1. The Balaban J connectivity index is 0.00000450. The number of aliphatic imine (C=N–C) groups is 1. The molecular formula is C20H28F3IN4O2. The molecule has 0 radical (unpaired) electrons. The monoisotopic (exact) mass is 540 g/mol. The molecular weight excluding hydrogens is 512 g/mol. The lowest BCUT2D eigenvalue weighted by molar-refractivity contribution is -0.137. The summed E-state index contributed by atoms with van der Waals surface area (Å²) in [6.45, 7) is 3.30. The standard InChI is InChI=1S/C20H27F3N4O2.HI/c1-4-24-19(27(3)13-16-6-5-11-26(16)2)25-12-17(28)14-29-18-9-7-15(8-10-18)20(21,22)23;/h5-11,17,28H,4,12-14H2,1-3H3,(H,24,25);1H. The minimum atomic E-state index is -4.39. The number of guanidine groups is 1. The molecule has 168 valence electrons. The Morgan fingerprint density at radius 2 is 1.93 bits per heavy atom. The van der Waals surface area contributed by atoms with Gasteiger partial charge in [0.25, 0.3) is 0 Å². The van der Waals surface area contributed by atoms with Crippen LogP contribution in [-0.2, 0) is 19.8 Å². The van der Waals surface area contributed by atoms with Crippen LogP contribution in [0, 0.1) is 0 Å². The van der Waals surface area contributed by atoms with Crippen LogP contribution in [-0.4, -0.2) is 53.4 Å². The summed E-state index contributed by atoms with van der Waals surface area (Å²) in [5, 5.41) is 13.3. The van der Waals surface area contributed by atoms with Crippen LogP contribution < -0.4 is 10.1 Å². The predicted octanol–water partition coefficient (Wildman–Crippen LogP) is 3.50. The highest BCUT2D eigenvalue weighted by molar-refractivity contribution is 14.0. The maximum Gasteiger partial charge on any atom is 0.416 e. The first-order valence-electron chi connectivity index (χ1n) is 9.28. The van der Waals surface area contributed by atoms with E-state index in [9.17, 15) is 18.3 Å². The van der Waals surface area contributed by atoms with E-state index in [-0.39, 0.29) is 42.9 Å². The van der Waals surface area contributed by atoms with Crippen molar-refractivity contribution in [1.29, 1.82) is 0 Å². The van der Waals surface area contributed by atoms with Crippen LogP contribution >= 0.6 is 24.0 Å². The molecule has 0 saturated heterocycles. The molecule has 0 aliphatic carbocycles. The molecule has 2 aromatic rings. The zero-order valence-electron chi connectivity index (χ0n) is 17.2. The summed E-state index contributed by atoms with van der Waals surface area (Å²) in [6, 6.07) is 8.35. The van der Waals surface area contributed by atoms with Gasteiger partial charge in [-0.1, -0.05) is 0 Å². The van der Waals surface area contributed by atoms with Crippen molar-refractivity contribution in [3.8, 4) is 5.75 Å². The predicted molar refractivity (Wildman–Crippen MR) is 121 cm³/mol. The largest absolute Gasteiger partial charge is 0.491 e. The maximum absolute atomic E-state index is 12.6. The number of aromatic nitrogens is 1. The number of aliphatic hydroxyl groups is 1. The molecule has 0 spiro atoms. The maximum atomic E-state index is 12.6.